The highest BCUT2D eigenvalue weighted by Gasteiger charge is 2.39. The topological polar surface area (TPSA) is 74.7 Å². The third kappa shape index (κ3) is 3.11. The van der Waals surface area contributed by atoms with Crippen molar-refractivity contribution >= 4 is 21.6 Å². The Bertz CT molecular complexity index is 1260. The highest BCUT2D eigenvalue weighted by molar-refractivity contribution is 7.89. The second-order valence-electron chi connectivity index (χ2n) is 6.94. The first-order valence-corrected chi connectivity index (χ1v) is 10.5. The van der Waals surface area contributed by atoms with Gasteiger partial charge in [0.2, 0.25) is 5.78 Å². The molecule has 0 saturated carbocycles. The molecule has 0 radical (unpaired) electrons. The molecule has 5 nitrogen and oxygen atoms in total. The summed E-state index contributed by atoms with van der Waals surface area (Å²) in [6, 6.07) is 21.0. The van der Waals surface area contributed by atoms with Gasteiger partial charge in [0.25, 0.3) is 10.0 Å². The number of benzene rings is 3. The number of hydrogen-bond donors (Lipinski definition) is 1. The van der Waals surface area contributed by atoms with Gasteiger partial charge in [-0.05, 0) is 36.2 Å². The molecule has 1 heterocycles. The largest absolute Gasteiger partial charge is 0.505 e. The van der Waals surface area contributed by atoms with Crippen LogP contribution in [0.5, 0.6) is 0 Å². The summed E-state index contributed by atoms with van der Waals surface area (Å²) in [5, 5.41) is 10.9. The van der Waals surface area contributed by atoms with Crippen LogP contribution in [0.1, 0.15) is 21.5 Å². The number of carbonyl (C=O) groups is 1. The number of allylic oxidation sites excluding steroid dienone is 1. The van der Waals surface area contributed by atoms with Crippen LogP contribution in [0.15, 0.2) is 83.4 Å². The van der Waals surface area contributed by atoms with Gasteiger partial charge in [0, 0.05) is 18.2 Å². The number of carbonyl (C=O) groups excluding carboxylic acids is 1. The van der Waals surface area contributed by atoms with E-state index in [-0.39, 0.29) is 21.9 Å². The van der Waals surface area contributed by atoms with Gasteiger partial charge in [-0.15, -0.1) is 0 Å². The summed E-state index contributed by atoms with van der Waals surface area (Å²) in [4.78, 5) is 12.9. The minimum atomic E-state index is -3.93. The minimum absolute atomic E-state index is 0.0573. The van der Waals surface area contributed by atoms with Crippen LogP contribution in [0.25, 0.3) is 16.9 Å². The molecule has 0 amide bonds. The Morgan fingerprint density at radius 2 is 1.59 bits per heavy atom. The number of nitrogens with zero attached hydrogens (tertiary/aromatic N) is 1. The zero-order valence-corrected chi connectivity index (χ0v) is 16.8. The summed E-state index contributed by atoms with van der Waals surface area (Å²) >= 11 is 0. The second kappa shape index (κ2) is 6.90. The first-order chi connectivity index (χ1) is 13.8. The zero-order valence-electron chi connectivity index (χ0n) is 16.0. The lowest BCUT2D eigenvalue weighted by Crippen LogP contribution is -2.37. The van der Waals surface area contributed by atoms with Gasteiger partial charge in [0.1, 0.15) is 5.70 Å². The van der Waals surface area contributed by atoms with E-state index >= 15 is 0 Å². The van der Waals surface area contributed by atoms with Gasteiger partial charge in [-0.25, -0.2) is 8.42 Å². The molecular weight excluding hydrogens is 386 g/mol. The van der Waals surface area contributed by atoms with Gasteiger partial charge in [0.15, 0.2) is 5.76 Å². The van der Waals surface area contributed by atoms with E-state index in [0.717, 1.165) is 21.0 Å². The quantitative estimate of drug-likeness (QED) is 0.506. The van der Waals surface area contributed by atoms with Gasteiger partial charge in [0.05, 0.1) is 4.90 Å². The van der Waals surface area contributed by atoms with Crippen molar-refractivity contribution in [2.45, 2.75) is 11.8 Å². The number of rotatable bonds is 2. The molecule has 1 aliphatic rings. The van der Waals surface area contributed by atoms with Crippen molar-refractivity contribution in [3.63, 3.8) is 0 Å². The highest BCUT2D eigenvalue weighted by Crippen LogP contribution is 2.34. The standard InChI is InChI=1S/C23H19NO4S/c1-15-10-12-16(13-11-15)17-6-5-7-18(14-17)22(25)21-23(26)19-8-3-4-9-20(19)29(27,28)24(21)2/h3-14,25H,1-2H3. The molecule has 0 bridgehead atoms. The van der Waals surface area contributed by atoms with Crippen LogP contribution in [0.4, 0.5) is 0 Å². The Hall–Kier alpha value is -3.38. The summed E-state index contributed by atoms with van der Waals surface area (Å²) in [7, 11) is -2.65. The number of sulfonamides is 1. The van der Waals surface area contributed by atoms with E-state index in [9.17, 15) is 18.3 Å². The van der Waals surface area contributed by atoms with Crippen molar-refractivity contribution in [2.75, 3.05) is 7.05 Å². The maximum absolute atomic E-state index is 13.0. The molecule has 0 spiro atoms. The zero-order chi connectivity index (χ0) is 20.8. The molecule has 29 heavy (non-hydrogen) atoms. The van der Waals surface area contributed by atoms with Crippen LogP contribution in [-0.2, 0) is 10.0 Å². The van der Waals surface area contributed by atoms with Crippen molar-refractivity contribution < 1.29 is 18.3 Å². The van der Waals surface area contributed by atoms with Crippen LogP contribution in [0.2, 0.25) is 0 Å². The number of likely N-dealkylation sites (N-methyl/N-ethyl adjacent to an activating group) is 1. The number of ketones is 1. The van der Waals surface area contributed by atoms with Crippen LogP contribution < -0.4 is 0 Å². The first kappa shape index (κ1) is 19.0. The lowest BCUT2D eigenvalue weighted by Gasteiger charge is -2.28. The molecule has 0 fully saturated rings. The molecule has 0 unspecified atom stereocenters. The maximum Gasteiger partial charge on any atom is 0.265 e. The molecule has 1 aliphatic heterocycles. The number of aliphatic hydroxyl groups excluding tert-OH is 1. The third-order valence-electron chi connectivity index (χ3n) is 5.05. The summed E-state index contributed by atoms with van der Waals surface area (Å²) in [6.07, 6.45) is 0. The van der Waals surface area contributed by atoms with Gasteiger partial charge in [-0.3, -0.25) is 9.10 Å². The van der Waals surface area contributed by atoms with Crippen molar-refractivity contribution in [3.8, 4) is 11.1 Å². The molecule has 4 rings (SSSR count). The van der Waals surface area contributed by atoms with E-state index in [2.05, 4.69) is 0 Å². The van der Waals surface area contributed by atoms with Crippen molar-refractivity contribution in [1.82, 2.24) is 4.31 Å². The number of aryl methyl sites for hydroxylation is 1. The Labute approximate surface area is 169 Å². The van der Waals surface area contributed by atoms with Crippen LogP contribution in [0, 0.1) is 6.92 Å². The Kier molecular flexibility index (Phi) is 4.51. The van der Waals surface area contributed by atoms with Crippen molar-refractivity contribution in [3.05, 3.63) is 95.2 Å². The van der Waals surface area contributed by atoms with Crippen molar-refractivity contribution in [2.24, 2.45) is 0 Å². The summed E-state index contributed by atoms with van der Waals surface area (Å²) < 4.78 is 26.5. The molecule has 6 heteroatoms. The van der Waals surface area contributed by atoms with E-state index in [4.69, 9.17) is 0 Å². The normalized spacial score (nSPS) is 17.0. The fourth-order valence-corrected chi connectivity index (χ4v) is 4.80. The van der Waals surface area contributed by atoms with E-state index < -0.39 is 15.8 Å². The Morgan fingerprint density at radius 3 is 2.31 bits per heavy atom. The smallest absolute Gasteiger partial charge is 0.265 e. The van der Waals surface area contributed by atoms with E-state index in [0.29, 0.717) is 5.56 Å². The predicted molar refractivity (Wildman–Crippen MR) is 112 cm³/mol. The number of aliphatic hydroxyl groups is 1. The molecule has 1 N–H and O–H groups in total. The Morgan fingerprint density at radius 1 is 0.897 bits per heavy atom. The van der Waals surface area contributed by atoms with Crippen molar-refractivity contribution in [1.29, 1.82) is 0 Å². The number of hydrogen-bond acceptors (Lipinski definition) is 4. The average Bonchev–Trinajstić information content (AvgIpc) is 2.73. The lowest BCUT2D eigenvalue weighted by molar-refractivity contribution is 0.100. The monoisotopic (exact) mass is 405 g/mol. The average molecular weight is 405 g/mol. The lowest BCUT2D eigenvalue weighted by atomic mass is 9.99. The molecule has 0 aliphatic carbocycles. The molecule has 0 saturated heterocycles. The predicted octanol–water partition coefficient (Wildman–Crippen LogP) is 4.41. The van der Waals surface area contributed by atoms with Crippen LogP contribution in [0.3, 0.4) is 0 Å². The summed E-state index contributed by atoms with van der Waals surface area (Å²) in [5.41, 5.74) is 3.10. The van der Waals surface area contributed by atoms with E-state index in [1.54, 1.807) is 30.3 Å². The maximum atomic E-state index is 13.0. The third-order valence-corrected chi connectivity index (χ3v) is 6.86. The summed E-state index contributed by atoms with van der Waals surface area (Å²) in [6.45, 7) is 2.00. The molecule has 3 aromatic carbocycles. The fraction of sp³-hybridized carbons (Fsp3) is 0.0870. The van der Waals surface area contributed by atoms with Crippen LogP contribution >= 0.6 is 0 Å². The number of Topliss-reactive ketones (excluding diaryl/α,β-unsaturated/α-hetero) is 1. The van der Waals surface area contributed by atoms with E-state index in [1.807, 2.05) is 37.3 Å². The molecule has 0 aromatic heterocycles. The fourth-order valence-electron chi connectivity index (χ4n) is 3.40. The second-order valence-corrected chi connectivity index (χ2v) is 8.88. The highest BCUT2D eigenvalue weighted by atomic mass is 32.2. The molecular formula is C23H19NO4S. The minimum Gasteiger partial charge on any atom is -0.505 e. The first-order valence-electron chi connectivity index (χ1n) is 9.04. The van der Waals surface area contributed by atoms with Gasteiger partial charge in [-0.1, -0.05) is 60.2 Å². The van der Waals surface area contributed by atoms with Gasteiger partial charge >= 0.3 is 0 Å². The molecule has 0 atom stereocenters. The molecule has 3 aromatic rings. The van der Waals surface area contributed by atoms with Gasteiger partial charge < -0.3 is 5.11 Å². The number of fused-ring (bicyclic) bond motifs is 1. The Balaban J connectivity index is 1.87. The van der Waals surface area contributed by atoms with Crippen LogP contribution in [-0.4, -0.2) is 30.7 Å². The SMILES string of the molecule is Cc1ccc(-c2cccc(C(O)=C3C(=O)c4ccccc4S(=O)(=O)N3C)c2)cc1. The van der Waals surface area contributed by atoms with Gasteiger partial charge in [-0.2, -0.15) is 0 Å². The molecule has 146 valence electrons. The summed E-state index contributed by atoms with van der Waals surface area (Å²) in [5.74, 6) is -0.902. The van der Waals surface area contributed by atoms with E-state index in [1.165, 1.54) is 19.2 Å².